The van der Waals surface area contributed by atoms with E-state index < -0.39 is 0 Å². The highest BCUT2D eigenvalue weighted by atomic mass is 16.5. The number of hydrogen-bond acceptors (Lipinski definition) is 4. The van der Waals surface area contributed by atoms with E-state index >= 15 is 0 Å². The normalized spacial score (nSPS) is 19.3. The monoisotopic (exact) mass is 362 g/mol. The molecule has 4 rings (SSSR count). The molecule has 0 fully saturated rings. The number of carbonyl (C=O) groups excluding carboxylic acids is 1. The van der Waals surface area contributed by atoms with Gasteiger partial charge in [0, 0.05) is 29.4 Å². The Balaban J connectivity index is 1.51. The van der Waals surface area contributed by atoms with E-state index in [2.05, 4.69) is 18.7 Å². The van der Waals surface area contributed by atoms with E-state index in [4.69, 9.17) is 13.9 Å². The van der Waals surface area contributed by atoms with Crippen molar-refractivity contribution in [3.63, 3.8) is 0 Å². The molecule has 138 valence electrons. The third-order valence-corrected chi connectivity index (χ3v) is 4.94. The zero-order valence-corrected chi connectivity index (χ0v) is 15.6. The van der Waals surface area contributed by atoms with Gasteiger partial charge in [-0.1, -0.05) is 29.9 Å². The largest absolute Gasteiger partial charge is 0.485 e. The number of ether oxygens (including phenoxy) is 2. The van der Waals surface area contributed by atoms with Crippen LogP contribution in [0.2, 0.25) is 0 Å². The van der Waals surface area contributed by atoms with Crippen LogP contribution in [0.1, 0.15) is 31.4 Å². The fraction of sp³-hybridized carbons (Fsp3) is 0.261. The Morgan fingerprint density at radius 2 is 2.26 bits per heavy atom. The first-order valence-electron chi connectivity index (χ1n) is 9.08. The van der Waals surface area contributed by atoms with Crippen molar-refractivity contribution in [1.29, 1.82) is 0 Å². The van der Waals surface area contributed by atoms with E-state index in [0.717, 1.165) is 45.4 Å². The standard InChI is InChI=1S/C23H22O4/c1-14-4-5-17-13-18-7-9-25-21(18)22(20(17)11-14)26-8-6-15(2)10-19-12-16(3)23(24)27-19/h4-7,9,12-13,19H,1,8,10-11H2,2-3H3/b15-6-. The fourth-order valence-electron chi connectivity index (χ4n) is 3.50. The number of fused-ring (bicyclic) bond motifs is 2. The van der Waals surface area contributed by atoms with Crippen LogP contribution in [0.5, 0.6) is 5.75 Å². The molecule has 4 nitrogen and oxygen atoms in total. The molecule has 0 radical (unpaired) electrons. The van der Waals surface area contributed by atoms with Gasteiger partial charge in [0.15, 0.2) is 11.3 Å². The van der Waals surface area contributed by atoms with E-state index in [9.17, 15) is 4.79 Å². The van der Waals surface area contributed by atoms with Crippen LogP contribution in [0.15, 0.2) is 64.3 Å². The van der Waals surface area contributed by atoms with Crippen LogP contribution in [0.3, 0.4) is 0 Å². The van der Waals surface area contributed by atoms with Crippen molar-refractivity contribution in [2.75, 3.05) is 6.61 Å². The maximum Gasteiger partial charge on any atom is 0.334 e. The number of rotatable bonds is 5. The topological polar surface area (TPSA) is 48.7 Å². The minimum absolute atomic E-state index is 0.177. The van der Waals surface area contributed by atoms with Gasteiger partial charge in [0.2, 0.25) is 0 Å². The molecule has 1 atom stereocenters. The quantitative estimate of drug-likeness (QED) is 0.545. The molecule has 0 bridgehead atoms. The van der Waals surface area contributed by atoms with Crippen molar-refractivity contribution >= 4 is 23.0 Å². The smallest absolute Gasteiger partial charge is 0.334 e. The Hall–Kier alpha value is -3.01. The molecule has 1 aliphatic carbocycles. The van der Waals surface area contributed by atoms with Crippen molar-refractivity contribution < 1.29 is 18.7 Å². The summed E-state index contributed by atoms with van der Waals surface area (Å²) in [5.41, 5.74) is 5.86. The Morgan fingerprint density at radius 1 is 1.41 bits per heavy atom. The minimum Gasteiger partial charge on any atom is -0.485 e. The SMILES string of the molecule is C=C1C=Cc2cc3ccoc3c(OC/C=C(/C)CC3C=C(C)C(=O)O3)c2C1. The van der Waals surface area contributed by atoms with Crippen molar-refractivity contribution in [3.8, 4) is 5.75 Å². The Morgan fingerprint density at radius 3 is 3.04 bits per heavy atom. The molecule has 0 saturated carbocycles. The molecular formula is C23H22O4. The number of benzene rings is 1. The lowest BCUT2D eigenvalue weighted by Gasteiger charge is -2.17. The van der Waals surface area contributed by atoms with E-state index in [1.54, 1.807) is 13.2 Å². The molecule has 0 spiro atoms. The summed E-state index contributed by atoms with van der Waals surface area (Å²) in [6.07, 6.45) is 11.0. The van der Waals surface area contributed by atoms with E-state index in [1.165, 1.54) is 0 Å². The van der Waals surface area contributed by atoms with E-state index in [0.29, 0.717) is 18.6 Å². The van der Waals surface area contributed by atoms with Crippen molar-refractivity contribution in [1.82, 2.24) is 0 Å². The third kappa shape index (κ3) is 3.47. The van der Waals surface area contributed by atoms with Gasteiger partial charge in [-0.15, -0.1) is 0 Å². The highest BCUT2D eigenvalue weighted by Crippen LogP contribution is 2.38. The van der Waals surface area contributed by atoms with Gasteiger partial charge in [0.05, 0.1) is 6.26 Å². The lowest BCUT2D eigenvalue weighted by molar-refractivity contribution is -0.139. The summed E-state index contributed by atoms with van der Waals surface area (Å²) in [4.78, 5) is 11.5. The molecule has 1 aromatic heterocycles. The van der Waals surface area contributed by atoms with Gasteiger partial charge in [-0.3, -0.25) is 0 Å². The summed E-state index contributed by atoms with van der Waals surface area (Å²) >= 11 is 0. The lowest BCUT2D eigenvalue weighted by atomic mass is 9.92. The van der Waals surface area contributed by atoms with Gasteiger partial charge >= 0.3 is 5.97 Å². The molecular weight excluding hydrogens is 340 g/mol. The average molecular weight is 362 g/mol. The fourth-order valence-corrected chi connectivity index (χ4v) is 3.50. The summed E-state index contributed by atoms with van der Waals surface area (Å²) < 4.78 is 17.1. The summed E-state index contributed by atoms with van der Waals surface area (Å²) in [6.45, 7) is 8.29. The maximum absolute atomic E-state index is 11.5. The predicted octanol–water partition coefficient (Wildman–Crippen LogP) is 5.15. The average Bonchev–Trinajstić information content (AvgIpc) is 3.21. The summed E-state index contributed by atoms with van der Waals surface area (Å²) in [5.74, 6) is 0.554. The molecule has 1 aromatic carbocycles. The number of carbonyl (C=O) groups is 1. The van der Waals surface area contributed by atoms with Gasteiger partial charge in [0.25, 0.3) is 0 Å². The maximum atomic E-state index is 11.5. The second-order valence-corrected chi connectivity index (χ2v) is 7.14. The van der Waals surface area contributed by atoms with Crippen LogP contribution in [0, 0.1) is 0 Å². The second-order valence-electron chi connectivity index (χ2n) is 7.14. The first kappa shape index (κ1) is 17.4. The molecule has 2 aliphatic rings. The van der Waals surface area contributed by atoms with E-state index in [1.807, 2.05) is 31.2 Å². The highest BCUT2D eigenvalue weighted by Gasteiger charge is 2.22. The number of hydrogen-bond donors (Lipinski definition) is 0. The van der Waals surface area contributed by atoms with Crippen LogP contribution < -0.4 is 4.74 Å². The van der Waals surface area contributed by atoms with Gasteiger partial charge in [-0.2, -0.15) is 0 Å². The predicted molar refractivity (Wildman–Crippen MR) is 106 cm³/mol. The molecule has 2 aromatic rings. The van der Waals surface area contributed by atoms with Gasteiger partial charge < -0.3 is 13.9 Å². The molecule has 0 amide bonds. The van der Waals surface area contributed by atoms with Crippen molar-refractivity contribution in [3.05, 3.63) is 71.0 Å². The van der Waals surface area contributed by atoms with Crippen molar-refractivity contribution in [2.24, 2.45) is 0 Å². The molecule has 2 heterocycles. The molecule has 27 heavy (non-hydrogen) atoms. The zero-order chi connectivity index (χ0) is 19.0. The Labute approximate surface area is 158 Å². The summed E-state index contributed by atoms with van der Waals surface area (Å²) in [5, 5.41) is 1.03. The molecule has 1 aliphatic heterocycles. The highest BCUT2D eigenvalue weighted by molar-refractivity contribution is 5.90. The number of furan rings is 1. The summed E-state index contributed by atoms with van der Waals surface area (Å²) in [6, 6.07) is 4.07. The minimum atomic E-state index is -0.228. The van der Waals surface area contributed by atoms with Crippen LogP contribution in [-0.2, 0) is 16.0 Å². The second kappa shape index (κ2) is 6.95. The molecule has 4 heteroatoms. The number of cyclic esters (lactones) is 1. The zero-order valence-electron chi connectivity index (χ0n) is 15.6. The molecule has 1 unspecified atom stereocenters. The van der Waals surface area contributed by atoms with Crippen LogP contribution >= 0.6 is 0 Å². The van der Waals surface area contributed by atoms with Gasteiger partial charge in [-0.05, 0) is 43.7 Å². The van der Waals surface area contributed by atoms with Gasteiger partial charge in [0.1, 0.15) is 12.7 Å². The van der Waals surface area contributed by atoms with Crippen molar-refractivity contribution in [2.45, 2.75) is 32.8 Å². The first-order chi connectivity index (χ1) is 13.0. The Kier molecular flexibility index (Phi) is 4.48. The van der Waals surface area contributed by atoms with Crippen LogP contribution in [-0.4, -0.2) is 18.7 Å². The first-order valence-corrected chi connectivity index (χ1v) is 9.08. The molecule has 0 saturated heterocycles. The number of allylic oxidation sites excluding steroid dienone is 2. The lowest BCUT2D eigenvalue weighted by Crippen LogP contribution is -2.09. The summed E-state index contributed by atoms with van der Waals surface area (Å²) in [7, 11) is 0. The van der Waals surface area contributed by atoms with Crippen LogP contribution in [0.25, 0.3) is 17.0 Å². The molecule has 0 N–H and O–H groups in total. The Bertz CT molecular complexity index is 1020. The van der Waals surface area contributed by atoms with Gasteiger partial charge in [-0.25, -0.2) is 4.79 Å². The van der Waals surface area contributed by atoms with E-state index in [-0.39, 0.29) is 12.1 Å². The third-order valence-electron chi connectivity index (χ3n) is 4.94. The number of esters is 1. The van der Waals surface area contributed by atoms with Crippen LogP contribution in [0.4, 0.5) is 0 Å².